The minimum absolute atomic E-state index is 0.116. The van der Waals surface area contributed by atoms with Gasteiger partial charge in [-0.1, -0.05) is 6.07 Å². The summed E-state index contributed by atoms with van der Waals surface area (Å²) in [6.07, 6.45) is -0.980. The van der Waals surface area contributed by atoms with E-state index < -0.39 is 18.0 Å². The molecule has 2 aliphatic rings. The molecule has 0 radical (unpaired) electrons. The van der Waals surface area contributed by atoms with Crippen molar-refractivity contribution in [3.63, 3.8) is 0 Å². The summed E-state index contributed by atoms with van der Waals surface area (Å²) in [5, 5.41) is 5.31. The molecule has 0 saturated heterocycles. The molecular formula is C21H20N2O6S. The largest absolute Gasteiger partial charge is 0.454 e. The summed E-state index contributed by atoms with van der Waals surface area (Å²) in [6, 6.07) is 10.3. The second-order valence-corrected chi connectivity index (χ2v) is 8.30. The Labute approximate surface area is 177 Å². The minimum Gasteiger partial charge on any atom is -0.454 e. The molecule has 8 nitrogen and oxygen atoms in total. The number of esters is 1. The summed E-state index contributed by atoms with van der Waals surface area (Å²) in [4.78, 5) is 37.5. The number of benzene rings is 2. The Morgan fingerprint density at radius 1 is 1.23 bits per heavy atom. The van der Waals surface area contributed by atoms with Gasteiger partial charge >= 0.3 is 5.97 Å². The molecule has 2 aromatic carbocycles. The van der Waals surface area contributed by atoms with Gasteiger partial charge in [-0.3, -0.25) is 9.59 Å². The van der Waals surface area contributed by atoms with Gasteiger partial charge in [0.2, 0.25) is 12.7 Å². The van der Waals surface area contributed by atoms with Crippen LogP contribution in [0.15, 0.2) is 41.3 Å². The second kappa shape index (κ2) is 8.27. The molecule has 2 aliphatic heterocycles. The maximum atomic E-state index is 12.4. The van der Waals surface area contributed by atoms with Crippen LogP contribution in [0.4, 0.5) is 5.69 Å². The SMILES string of the molecule is CC(OC(=O)c1ccc2c(c1)NC(=O)C(C)S2)C(=O)NCc1ccc2c(c1)OCO2. The lowest BCUT2D eigenvalue weighted by Crippen LogP contribution is -2.35. The topological polar surface area (TPSA) is 103 Å². The Morgan fingerprint density at radius 3 is 2.87 bits per heavy atom. The lowest BCUT2D eigenvalue weighted by atomic mass is 10.2. The van der Waals surface area contributed by atoms with E-state index in [-0.39, 0.29) is 30.1 Å². The number of ether oxygens (including phenoxy) is 3. The summed E-state index contributed by atoms with van der Waals surface area (Å²) in [6.45, 7) is 3.76. The third-order valence-corrected chi connectivity index (χ3v) is 5.88. The number of hydrogen-bond acceptors (Lipinski definition) is 7. The number of carbonyl (C=O) groups excluding carboxylic acids is 3. The summed E-state index contributed by atoms with van der Waals surface area (Å²) in [7, 11) is 0. The molecule has 0 spiro atoms. The van der Waals surface area contributed by atoms with E-state index in [1.54, 1.807) is 30.3 Å². The van der Waals surface area contributed by atoms with Crippen molar-refractivity contribution in [2.45, 2.75) is 36.6 Å². The average molecular weight is 428 g/mol. The van der Waals surface area contributed by atoms with Crippen molar-refractivity contribution >= 4 is 35.2 Å². The van der Waals surface area contributed by atoms with E-state index in [2.05, 4.69) is 10.6 Å². The van der Waals surface area contributed by atoms with Gasteiger partial charge in [0.15, 0.2) is 17.6 Å². The summed E-state index contributed by atoms with van der Waals surface area (Å²) in [5.74, 6) is 0.127. The van der Waals surface area contributed by atoms with Crippen LogP contribution in [0, 0.1) is 0 Å². The van der Waals surface area contributed by atoms with Gasteiger partial charge in [0, 0.05) is 11.4 Å². The predicted molar refractivity (Wildman–Crippen MR) is 110 cm³/mol. The van der Waals surface area contributed by atoms with E-state index in [0.29, 0.717) is 17.2 Å². The van der Waals surface area contributed by atoms with Crippen molar-refractivity contribution in [3.8, 4) is 11.5 Å². The summed E-state index contributed by atoms with van der Waals surface area (Å²) in [5.41, 5.74) is 1.67. The number of amides is 2. The van der Waals surface area contributed by atoms with Crippen LogP contribution in [-0.2, 0) is 20.9 Å². The number of carbonyl (C=O) groups is 3. The van der Waals surface area contributed by atoms with E-state index in [0.717, 1.165) is 10.5 Å². The first kappa shape index (κ1) is 20.1. The molecule has 0 saturated carbocycles. The van der Waals surface area contributed by atoms with Crippen LogP contribution < -0.4 is 20.1 Å². The van der Waals surface area contributed by atoms with Gasteiger partial charge in [-0.2, -0.15) is 0 Å². The normalized spacial score (nSPS) is 17.5. The standard InChI is InChI=1S/C21H20N2O6S/c1-11(19(24)22-9-13-3-5-16-17(7-13)28-10-27-16)29-21(26)14-4-6-18-15(8-14)23-20(25)12(2)30-18/h3-8,11-12H,9-10H2,1-2H3,(H,22,24)(H,23,25). The molecule has 2 amide bonds. The molecule has 9 heteroatoms. The van der Waals surface area contributed by atoms with Gasteiger partial charge < -0.3 is 24.8 Å². The molecule has 2 aromatic rings. The van der Waals surface area contributed by atoms with E-state index in [1.165, 1.54) is 18.7 Å². The summed E-state index contributed by atoms with van der Waals surface area (Å²) >= 11 is 1.43. The van der Waals surface area contributed by atoms with Gasteiger partial charge in [-0.15, -0.1) is 11.8 Å². The predicted octanol–water partition coefficient (Wildman–Crippen LogP) is 2.71. The molecular weight excluding hydrogens is 408 g/mol. The zero-order valence-electron chi connectivity index (χ0n) is 16.4. The van der Waals surface area contributed by atoms with Gasteiger partial charge in [0.25, 0.3) is 5.91 Å². The molecule has 0 bridgehead atoms. The molecule has 30 heavy (non-hydrogen) atoms. The first-order chi connectivity index (χ1) is 14.4. The first-order valence-corrected chi connectivity index (χ1v) is 10.3. The molecule has 2 atom stereocenters. The zero-order chi connectivity index (χ0) is 21.3. The van der Waals surface area contributed by atoms with Crippen LogP contribution in [-0.4, -0.2) is 35.9 Å². The van der Waals surface area contributed by atoms with Crippen LogP contribution in [0.5, 0.6) is 11.5 Å². The monoisotopic (exact) mass is 428 g/mol. The molecule has 4 rings (SSSR count). The van der Waals surface area contributed by atoms with Crippen molar-refractivity contribution in [3.05, 3.63) is 47.5 Å². The van der Waals surface area contributed by atoms with Crippen LogP contribution in [0.2, 0.25) is 0 Å². The van der Waals surface area contributed by atoms with E-state index >= 15 is 0 Å². The van der Waals surface area contributed by atoms with Gasteiger partial charge in [0.05, 0.1) is 16.5 Å². The Hall–Kier alpha value is -3.20. The minimum atomic E-state index is -0.980. The summed E-state index contributed by atoms with van der Waals surface area (Å²) < 4.78 is 15.9. The lowest BCUT2D eigenvalue weighted by Gasteiger charge is -2.22. The fraction of sp³-hybridized carbons (Fsp3) is 0.286. The van der Waals surface area contributed by atoms with Crippen molar-refractivity contribution in [1.29, 1.82) is 0 Å². The highest BCUT2D eigenvalue weighted by molar-refractivity contribution is 8.00. The number of anilines is 1. The van der Waals surface area contributed by atoms with Crippen LogP contribution in [0.25, 0.3) is 0 Å². The van der Waals surface area contributed by atoms with Crippen molar-refractivity contribution in [1.82, 2.24) is 5.32 Å². The Balaban J connectivity index is 1.33. The van der Waals surface area contributed by atoms with E-state index in [4.69, 9.17) is 14.2 Å². The molecule has 2 unspecified atom stereocenters. The van der Waals surface area contributed by atoms with Crippen LogP contribution in [0.1, 0.15) is 29.8 Å². The fourth-order valence-corrected chi connectivity index (χ4v) is 3.93. The first-order valence-electron chi connectivity index (χ1n) is 9.39. The Bertz CT molecular complexity index is 1020. The highest BCUT2D eigenvalue weighted by Crippen LogP contribution is 2.36. The van der Waals surface area contributed by atoms with Crippen molar-refractivity contribution in [2.24, 2.45) is 0 Å². The lowest BCUT2D eigenvalue weighted by molar-refractivity contribution is -0.129. The third kappa shape index (κ3) is 4.20. The maximum Gasteiger partial charge on any atom is 0.338 e. The van der Waals surface area contributed by atoms with Gasteiger partial charge in [-0.05, 0) is 49.7 Å². The molecule has 2 heterocycles. The Morgan fingerprint density at radius 2 is 2.03 bits per heavy atom. The number of hydrogen-bond donors (Lipinski definition) is 2. The molecule has 156 valence electrons. The smallest absolute Gasteiger partial charge is 0.338 e. The zero-order valence-corrected chi connectivity index (χ0v) is 17.2. The van der Waals surface area contributed by atoms with E-state index in [1.807, 2.05) is 13.0 Å². The second-order valence-electron chi connectivity index (χ2n) is 6.91. The third-order valence-electron chi connectivity index (χ3n) is 4.70. The number of nitrogens with one attached hydrogen (secondary N) is 2. The van der Waals surface area contributed by atoms with Crippen molar-refractivity contribution in [2.75, 3.05) is 12.1 Å². The highest BCUT2D eigenvalue weighted by Gasteiger charge is 2.25. The molecule has 0 fully saturated rings. The van der Waals surface area contributed by atoms with Crippen LogP contribution in [0.3, 0.4) is 0 Å². The van der Waals surface area contributed by atoms with Gasteiger partial charge in [0.1, 0.15) is 0 Å². The highest BCUT2D eigenvalue weighted by atomic mass is 32.2. The van der Waals surface area contributed by atoms with E-state index in [9.17, 15) is 14.4 Å². The number of thioether (sulfide) groups is 1. The van der Waals surface area contributed by atoms with Gasteiger partial charge in [-0.25, -0.2) is 4.79 Å². The molecule has 0 aromatic heterocycles. The average Bonchev–Trinajstić information content (AvgIpc) is 3.20. The molecule has 0 aliphatic carbocycles. The van der Waals surface area contributed by atoms with Crippen molar-refractivity contribution < 1.29 is 28.6 Å². The number of rotatable bonds is 5. The maximum absolute atomic E-state index is 12.4. The fourth-order valence-electron chi connectivity index (χ4n) is 3.00. The Kier molecular flexibility index (Phi) is 5.54. The number of fused-ring (bicyclic) bond motifs is 2. The van der Waals surface area contributed by atoms with Crippen LogP contribution >= 0.6 is 11.8 Å². The quantitative estimate of drug-likeness (QED) is 0.706. The molecule has 2 N–H and O–H groups in total.